The second kappa shape index (κ2) is 8.39. The van der Waals surface area contributed by atoms with Crippen molar-refractivity contribution in [3.8, 4) is 0 Å². The molecular weight excluding hydrogens is 338 g/mol. The maximum atomic E-state index is 12.4. The third-order valence-electron chi connectivity index (χ3n) is 4.36. The van der Waals surface area contributed by atoms with E-state index in [0.29, 0.717) is 11.0 Å². The second-order valence-electron chi connectivity index (χ2n) is 6.64. The minimum absolute atomic E-state index is 0.0761. The van der Waals surface area contributed by atoms with Crippen LogP contribution >= 0.6 is 11.3 Å². The van der Waals surface area contributed by atoms with Crippen molar-refractivity contribution in [3.05, 3.63) is 23.5 Å². The molecule has 2 amide bonds. The number of carbonyl (C=O) groups excluding carboxylic acids is 1. The van der Waals surface area contributed by atoms with Crippen molar-refractivity contribution >= 4 is 22.5 Å². The maximum Gasteiger partial charge on any atom is 0.323 e. The zero-order valence-electron chi connectivity index (χ0n) is 14.8. The van der Waals surface area contributed by atoms with E-state index in [9.17, 15) is 4.79 Å². The summed E-state index contributed by atoms with van der Waals surface area (Å²) in [7, 11) is 4.05. The first-order chi connectivity index (χ1) is 12.1. The highest BCUT2D eigenvalue weighted by atomic mass is 32.1. The van der Waals surface area contributed by atoms with E-state index in [1.807, 2.05) is 35.9 Å². The molecule has 9 heteroatoms. The molecule has 8 nitrogen and oxygen atoms in total. The Morgan fingerprint density at radius 2 is 2.16 bits per heavy atom. The van der Waals surface area contributed by atoms with Gasteiger partial charge in [-0.2, -0.15) is 5.10 Å². The summed E-state index contributed by atoms with van der Waals surface area (Å²) in [6.07, 6.45) is 6.63. The Morgan fingerprint density at radius 3 is 2.84 bits per heavy atom. The molecule has 1 fully saturated rings. The van der Waals surface area contributed by atoms with Gasteiger partial charge < -0.3 is 9.80 Å². The molecule has 1 saturated heterocycles. The van der Waals surface area contributed by atoms with Crippen molar-refractivity contribution in [3.63, 3.8) is 0 Å². The number of piperidine rings is 1. The van der Waals surface area contributed by atoms with Crippen molar-refractivity contribution < 1.29 is 4.79 Å². The largest absolute Gasteiger partial charge is 0.324 e. The third kappa shape index (κ3) is 5.23. The number of nitrogens with zero attached hydrogens (tertiary/aromatic N) is 6. The molecule has 3 heterocycles. The molecule has 0 spiro atoms. The number of hydrogen-bond acceptors (Lipinski definition) is 6. The molecule has 1 aliphatic heterocycles. The molecular formula is C16H25N7OS. The summed E-state index contributed by atoms with van der Waals surface area (Å²) in [6, 6.07) is 1.87. The van der Waals surface area contributed by atoms with Gasteiger partial charge in [0.2, 0.25) is 5.13 Å². The number of likely N-dealkylation sites (N-methyl/N-ethyl adjacent to an activating group) is 1. The normalized spacial score (nSPS) is 15.7. The fourth-order valence-electron chi connectivity index (χ4n) is 2.89. The summed E-state index contributed by atoms with van der Waals surface area (Å²) in [5, 5.41) is 16.9. The Balaban J connectivity index is 1.43. The van der Waals surface area contributed by atoms with E-state index in [1.165, 1.54) is 11.3 Å². The van der Waals surface area contributed by atoms with Gasteiger partial charge in [-0.25, -0.2) is 4.79 Å². The van der Waals surface area contributed by atoms with Gasteiger partial charge in [0.1, 0.15) is 5.01 Å². The highest BCUT2D eigenvalue weighted by Crippen LogP contribution is 2.21. The second-order valence-corrected chi connectivity index (χ2v) is 7.70. The van der Waals surface area contributed by atoms with Crippen molar-refractivity contribution in [2.45, 2.75) is 25.8 Å². The van der Waals surface area contributed by atoms with Gasteiger partial charge in [0, 0.05) is 45.0 Å². The van der Waals surface area contributed by atoms with E-state index in [4.69, 9.17) is 0 Å². The Labute approximate surface area is 151 Å². The van der Waals surface area contributed by atoms with E-state index < -0.39 is 0 Å². The van der Waals surface area contributed by atoms with E-state index in [2.05, 4.69) is 25.5 Å². The van der Waals surface area contributed by atoms with Crippen LogP contribution in [0, 0.1) is 5.92 Å². The molecule has 0 aliphatic carbocycles. The van der Waals surface area contributed by atoms with Gasteiger partial charge in [0.25, 0.3) is 0 Å². The van der Waals surface area contributed by atoms with Crippen LogP contribution < -0.4 is 5.32 Å². The molecule has 0 bridgehead atoms. The number of urea groups is 1. The van der Waals surface area contributed by atoms with Gasteiger partial charge >= 0.3 is 6.03 Å². The van der Waals surface area contributed by atoms with Gasteiger partial charge in [-0.05, 0) is 38.9 Å². The highest BCUT2D eigenvalue weighted by Gasteiger charge is 2.23. The molecule has 1 N–H and O–H groups in total. The molecule has 0 radical (unpaired) electrons. The predicted octanol–water partition coefficient (Wildman–Crippen LogP) is 1.78. The van der Waals surface area contributed by atoms with Crippen LogP contribution in [0.25, 0.3) is 0 Å². The van der Waals surface area contributed by atoms with Crippen LogP contribution in [0.4, 0.5) is 9.93 Å². The molecule has 136 valence electrons. The number of hydrogen-bond donors (Lipinski definition) is 1. The highest BCUT2D eigenvalue weighted by molar-refractivity contribution is 7.15. The van der Waals surface area contributed by atoms with E-state index in [0.717, 1.165) is 50.4 Å². The van der Waals surface area contributed by atoms with Crippen LogP contribution in [0.2, 0.25) is 0 Å². The fraction of sp³-hybridized carbons (Fsp3) is 0.625. The van der Waals surface area contributed by atoms with Crippen LogP contribution in [0.5, 0.6) is 0 Å². The van der Waals surface area contributed by atoms with Gasteiger partial charge in [0.15, 0.2) is 0 Å². The first kappa shape index (κ1) is 17.8. The number of likely N-dealkylation sites (tertiary alicyclic amines) is 1. The average molecular weight is 363 g/mol. The van der Waals surface area contributed by atoms with Crippen molar-refractivity contribution in [2.24, 2.45) is 5.92 Å². The maximum absolute atomic E-state index is 12.4. The minimum atomic E-state index is -0.0761. The number of carbonyl (C=O) groups is 1. The van der Waals surface area contributed by atoms with Crippen LogP contribution in [0.15, 0.2) is 18.5 Å². The summed E-state index contributed by atoms with van der Waals surface area (Å²) in [6.45, 7) is 3.38. The molecule has 2 aromatic heterocycles. The van der Waals surface area contributed by atoms with Crippen molar-refractivity contribution in [1.29, 1.82) is 0 Å². The predicted molar refractivity (Wildman–Crippen MR) is 97.7 cm³/mol. The number of nitrogens with one attached hydrogen (secondary N) is 1. The SMILES string of the molecule is CN(C)CCc1nnc(NC(=O)N2CCC(Cn3cccn3)CC2)s1. The first-order valence-electron chi connectivity index (χ1n) is 8.60. The fourth-order valence-corrected chi connectivity index (χ4v) is 3.60. The molecule has 0 unspecified atom stereocenters. The van der Waals surface area contributed by atoms with E-state index in [1.54, 1.807) is 6.20 Å². The van der Waals surface area contributed by atoms with E-state index >= 15 is 0 Å². The first-order valence-corrected chi connectivity index (χ1v) is 9.42. The van der Waals surface area contributed by atoms with E-state index in [-0.39, 0.29) is 6.03 Å². The Hall–Kier alpha value is -2.00. The summed E-state index contributed by atoms with van der Waals surface area (Å²) < 4.78 is 1.97. The third-order valence-corrected chi connectivity index (χ3v) is 5.26. The molecule has 3 rings (SSSR count). The van der Waals surface area contributed by atoms with Crippen LogP contribution in [0.1, 0.15) is 17.8 Å². The van der Waals surface area contributed by atoms with Gasteiger partial charge in [-0.15, -0.1) is 10.2 Å². The number of anilines is 1. The average Bonchev–Trinajstić information content (AvgIpc) is 3.25. The standard InChI is InChI=1S/C16H25N7OS/c1-21(2)9-6-14-19-20-15(25-14)18-16(24)22-10-4-13(5-11-22)12-23-8-3-7-17-23/h3,7-8,13H,4-6,9-12H2,1-2H3,(H,18,20,24). The Bertz CT molecular complexity index is 662. The lowest BCUT2D eigenvalue weighted by Crippen LogP contribution is -2.41. The Kier molecular flexibility index (Phi) is 5.98. The molecule has 0 atom stereocenters. The molecule has 1 aliphatic rings. The molecule has 2 aromatic rings. The number of amides is 2. The van der Waals surface area contributed by atoms with Gasteiger partial charge in [-0.1, -0.05) is 11.3 Å². The van der Waals surface area contributed by atoms with Crippen molar-refractivity contribution in [2.75, 3.05) is 39.0 Å². The number of aromatic nitrogens is 4. The zero-order valence-corrected chi connectivity index (χ0v) is 15.6. The van der Waals surface area contributed by atoms with Crippen LogP contribution in [-0.2, 0) is 13.0 Å². The van der Waals surface area contributed by atoms with Crippen LogP contribution in [-0.4, -0.2) is 69.5 Å². The summed E-state index contributed by atoms with van der Waals surface area (Å²) in [5.41, 5.74) is 0. The van der Waals surface area contributed by atoms with Crippen molar-refractivity contribution in [1.82, 2.24) is 29.8 Å². The number of rotatable bonds is 6. The van der Waals surface area contributed by atoms with Gasteiger partial charge in [0.05, 0.1) is 0 Å². The monoisotopic (exact) mass is 363 g/mol. The summed E-state index contributed by atoms with van der Waals surface area (Å²) >= 11 is 1.45. The summed E-state index contributed by atoms with van der Waals surface area (Å²) in [5.74, 6) is 0.572. The van der Waals surface area contributed by atoms with Crippen LogP contribution in [0.3, 0.4) is 0 Å². The zero-order chi connectivity index (χ0) is 17.6. The summed E-state index contributed by atoms with van der Waals surface area (Å²) in [4.78, 5) is 16.4. The lowest BCUT2D eigenvalue weighted by atomic mass is 9.97. The molecule has 0 aromatic carbocycles. The smallest absolute Gasteiger partial charge is 0.323 e. The van der Waals surface area contributed by atoms with Gasteiger partial charge in [-0.3, -0.25) is 10.00 Å². The minimum Gasteiger partial charge on any atom is -0.324 e. The topological polar surface area (TPSA) is 79.2 Å². The molecule has 25 heavy (non-hydrogen) atoms. The quantitative estimate of drug-likeness (QED) is 0.846. The molecule has 0 saturated carbocycles. The lowest BCUT2D eigenvalue weighted by molar-refractivity contribution is 0.175. The Morgan fingerprint density at radius 1 is 1.36 bits per heavy atom. The lowest BCUT2D eigenvalue weighted by Gasteiger charge is -2.31.